The van der Waals surface area contributed by atoms with Crippen LogP contribution < -0.4 is 10.5 Å². The van der Waals surface area contributed by atoms with Gasteiger partial charge in [0.2, 0.25) is 0 Å². The second-order valence-electron chi connectivity index (χ2n) is 5.43. The van der Waals surface area contributed by atoms with Gasteiger partial charge in [-0.3, -0.25) is 0 Å². The molecule has 0 aliphatic carbocycles. The Kier molecular flexibility index (Phi) is 3.93. The lowest BCUT2D eigenvalue weighted by Crippen LogP contribution is -2.18. The van der Waals surface area contributed by atoms with Gasteiger partial charge in [-0.05, 0) is 37.6 Å². The minimum absolute atomic E-state index is 0.104. The zero-order valence-corrected chi connectivity index (χ0v) is 11.3. The van der Waals surface area contributed by atoms with E-state index < -0.39 is 0 Å². The summed E-state index contributed by atoms with van der Waals surface area (Å²) < 4.78 is 5.66. The third-order valence-electron chi connectivity index (χ3n) is 3.29. The van der Waals surface area contributed by atoms with E-state index in [0.717, 1.165) is 43.7 Å². The van der Waals surface area contributed by atoms with Crippen LogP contribution >= 0.6 is 0 Å². The zero-order chi connectivity index (χ0) is 13.0. The van der Waals surface area contributed by atoms with Crippen LogP contribution in [0, 0.1) is 11.8 Å². The number of hydrogen-bond donors (Lipinski definition) is 1. The van der Waals surface area contributed by atoms with E-state index in [4.69, 9.17) is 10.5 Å². The van der Waals surface area contributed by atoms with E-state index in [9.17, 15) is 0 Å². The molecule has 0 aromatic heterocycles. The molecule has 96 valence electrons. The molecule has 2 heteroatoms. The Labute approximate surface area is 110 Å². The van der Waals surface area contributed by atoms with Crippen LogP contribution in [0.2, 0.25) is 0 Å². The zero-order valence-electron chi connectivity index (χ0n) is 11.3. The van der Waals surface area contributed by atoms with Crippen molar-refractivity contribution in [2.24, 2.45) is 5.73 Å². The number of ether oxygens (including phenoxy) is 1. The Morgan fingerprint density at radius 3 is 2.94 bits per heavy atom. The van der Waals surface area contributed by atoms with Gasteiger partial charge in [-0.2, -0.15) is 0 Å². The summed E-state index contributed by atoms with van der Waals surface area (Å²) in [6.45, 7) is 5.93. The molecule has 2 rings (SSSR count). The van der Waals surface area contributed by atoms with Crippen LogP contribution in [0.15, 0.2) is 18.2 Å². The SMILES string of the molecule is CC1(C)COc2ccc(C#CCCCCN)cc21. The molecule has 1 heterocycles. The minimum atomic E-state index is 0.104. The van der Waals surface area contributed by atoms with Crippen molar-refractivity contribution in [1.29, 1.82) is 0 Å². The number of rotatable bonds is 3. The molecule has 0 bridgehead atoms. The van der Waals surface area contributed by atoms with Crippen molar-refractivity contribution in [3.63, 3.8) is 0 Å². The lowest BCUT2D eigenvalue weighted by Gasteiger charge is -2.14. The molecule has 1 aliphatic heterocycles. The normalized spacial score (nSPS) is 15.5. The van der Waals surface area contributed by atoms with Crippen molar-refractivity contribution in [2.45, 2.75) is 38.5 Å². The van der Waals surface area contributed by atoms with Crippen molar-refractivity contribution >= 4 is 0 Å². The van der Waals surface area contributed by atoms with Crippen LogP contribution in [0.4, 0.5) is 0 Å². The second-order valence-corrected chi connectivity index (χ2v) is 5.43. The topological polar surface area (TPSA) is 35.2 Å². The molecule has 0 unspecified atom stereocenters. The fourth-order valence-corrected chi connectivity index (χ4v) is 2.12. The van der Waals surface area contributed by atoms with Crippen molar-refractivity contribution in [3.05, 3.63) is 29.3 Å². The highest BCUT2D eigenvalue weighted by molar-refractivity contribution is 5.49. The highest BCUT2D eigenvalue weighted by Crippen LogP contribution is 2.38. The molecule has 18 heavy (non-hydrogen) atoms. The van der Waals surface area contributed by atoms with Crippen LogP contribution in [-0.2, 0) is 5.41 Å². The van der Waals surface area contributed by atoms with E-state index in [0.29, 0.717) is 0 Å². The van der Waals surface area contributed by atoms with Gasteiger partial charge >= 0.3 is 0 Å². The molecular formula is C16H21NO. The van der Waals surface area contributed by atoms with Gasteiger partial charge in [-0.1, -0.05) is 25.7 Å². The minimum Gasteiger partial charge on any atom is -0.492 e. The first-order valence-corrected chi connectivity index (χ1v) is 6.60. The third kappa shape index (κ3) is 2.86. The molecule has 1 aromatic rings. The van der Waals surface area contributed by atoms with Gasteiger partial charge < -0.3 is 10.5 Å². The molecule has 0 fully saturated rings. The summed E-state index contributed by atoms with van der Waals surface area (Å²) in [5.74, 6) is 7.44. The van der Waals surface area contributed by atoms with Crippen LogP contribution in [0.1, 0.15) is 44.2 Å². The van der Waals surface area contributed by atoms with Gasteiger partial charge in [0.15, 0.2) is 0 Å². The predicted octanol–water partition coefficient (Wildman–Crippen LogP) is 2.84. The summed E-state index contributed by atoms with van der Waals surface area (Å²) >= 11 is 0. The molecule has 0 saturated heterocycles. The third-order valence-corrected chi connectivity index (χ3v) is 3.29. The van der Waals surface area contributed by atoms with Crippen molar-refractivity contribution in [3.8, 4) is 17.6 Å². The average Bonchev–Trinajstić information content (AvgIpc) is 2.65. The number of unbranched alkanes of at least 4 members (excludes halogenated alkanes) is 2. The first-order chi connectivity index (χ1) is 8.63. The van der Waals surface area contributed by atoms with E-state index in [1.807, 2.05) is 12.1 Å². The quantitative estimate of drug-likeness (QED) is 0.654. The molecule has 0 saturated carbocycles. The molecule has 0 amide bonds. The maximum absolute atomic E-state index is 5.66. The Bertz CT molecular complexity index is 480. The highest BCUT2D eigenvalue weighted by Gasteiger charge is 2.31. The summed E-state index contributed by atoms with van der Waals surface area (Å²) in [6.07, 6.45) is 3.07. The van der Waals surface area contributed by atoms with Crippen LogP contribution in [-0.4, -0.2) is 13.2 Å². The number of benzene rings is 1. The molecule has 0 atom stereocenters. The molecule has 0 radical (unpaired) electrons. The summed E-state index contributed by atoms with van der Waals surface area (Å²) in [7, 11) is 0. The highest BCUT2D eigenvalue weighted by atomic mass is 16.5. The van der Waals surface area contributed by atoms with E-state index >= 15 is 0 Å². The number of hydrogen-bond acceptors (Lipinski definition) is 2. The maximum atomic E-state index is 5.66. The first kappa shape index (κ1) is 13.0. The molecule has 2 nitrogen and oxygen atoms in total. The average molecular weight is 243 g/mol. The second kappa shape index (κ2) is 5.46. The molecular weight excluding hydrogens is 222 g/mol. The van der Waals surface area contributed by atoms with Crippen LogP contribution in [0.5, 0.6) is 5.75 Å². The summed E-state index contributed by atoms with van der Waals surface area (Å²) in [5, 5.41) is 0. The van der Waals surface area contributed by atoms with Gasteiger partial charge in [0.05, 0.1) is 6.61 Å². The molecule has 2 N–H and O–H groups in total. The Morgan fingerprint density at radius 1 is 1.33 bits per heavy atom. The lowest BCUT2D eigenvalue weighted by molar-refractivity contribution is 0.291. The van der Waals surface area contributed by atoms with Gasteiger partial charge in [-0.15, -0.1) is 0 Å². The van der Waals surface area contributed by atoms with Gasteiger partial charge in [0.25, 0.3) is 0 Å². The lowest BCUT2D eigenvalue weighted by atomic mass is 9.86. The fourth-order valence-electron chi connectivity index (χ4n) is 2.12. The molecule has 0 spiro atoms. The van der Waals surface area contributed by atoms with E-state index in [1.54, 1.807) is 0 Å². The molecule has 1 aliphatic rings. The van der Waals surface area contributed by atoms with Gasteiger partial charge in [-0.25, -0.2) is 0 Å². The van der Waals surface area contributed by atoms with Crippen molar-refractivity contribution in [2.75, 3.05) is 13.2 Å². The Hall–Kier alpha value is -1.46. The van der Waals surface area contributed by atoms with Crippen molar-refractivity contribution in [1.82, 2.24) is 0 Å². The largest absolute Gasteiger partial charge is 0.492 e. The van der Waals surface area contributed by atoms with Crippen molar-refractivity contribution < 1.29 is 4.74 Å². The fraction of sp³-hybridized carbons (Fsp3) is 0.500. The summed E-state index contributed by atoms with van der Waals surface area (Å²) in [6, 6.07) is 6.24. The first-order valence-electron chi connectivity index (χ1n) is 6.60. The predicted molar refractivity (Wildman–Crippen MR) is 74.7 cm³/mol. The van der Waals surface area contributed by atoms with E-state index in [1.165, 1.54) is 5.56 Å². The van der Waals surface area contributed by atoms with Crippen LogP contribution in [0.3, 0.4) is 0 Å². The number of fused-ring (bicyclic) bond motifs is 1. The Morgan fingerprint density at radius 2 is 2.17 bits per heavy atom. The molecule has 1 aromatic carbocycles. The number of nitrogens with two attached hydrogens (primary N) is 1. The maximum Gasteiger partial charge on any atom is 0.123 e. The standard InChI is InChI=1S/C16H21NO/c1-16(2)12-18-15-9-8-13(11-14(15)16)7-5-3-4-6-10-17/h8-9,11H,3-4,6,10,12,17H2,1-2H3. The van der Waals surface area contributed by atoms with E-state index in [-0.39, 0.29) is 5.41 Å². The summed E-state index contributed by atoms with van der Waals surface area (Å²) in [4.78, 5) is 0. The summed E-state index contributed by atoms with van der Waals surface area (Å²) in [5.41, 5.74) is 7.91. The van der Waals surface area contributed by atoms with E-state index in [2.05, 4.69) is 31.8 Å². The van der Waals surface area contributed by atoms with Gasteiger partial charge in [0.1, 0.15) is 5.75 Å². The monoisotopic (exact) mass is 243 g/mol. The smallest absolute Gasteiger partial charge is 0.123 e. The van der Waals surface area contributed by atoms with Crippen LogP contribution in [0.25, 0.3) is 0 Å². The Balaban J connectivity index is 2.08. The van der Waals surface area contributed by atoms with Gasteiger partial charge in [0, 0.05) is 23.0 Å².